The molecule has 1 aromatic rings. The lowest BCUT2D eigenvalue weighted by Gasteiger charge is -2.44. The number of piperidine rings is 1. The fourth-order valence-electron chi connectivity index (χ4n) is 4.31. The van der Waals surface area contributed by atoms with Gasteiger partial charge < -0.3 is 19.7 Å². The summed E-state index contributed by atoms with van der Waals surface area (Å²) in [4.78, 5) is 29.0. The van der Waals surface area contributed by atoms with Gasteiger partial charge in [-0.2, -0.15) is 0 Å². The van der Waals surface area contributed by atoms with E-state index in [9.17, 15) is 9.59 Å². The van der Waals surface area contributed by atoms with Gasteiger partial charge in [-0.3, -0.25) is 9.59 Å². The first-order chi connectivity index (χ1) is 13.1. The number of hydrogen-bond acceptors (Lipinski definition) is 5. The number of nitrogens with zero attached hydrogens (tertiary/aromatic N) is 1. The highest BCUT2D eigenvalue weighted by Gasteiger charge is 2.44. The van der Waals surface area contributed by atoms with Crippen molar-refractivity contribution in [3.05, 3.63) is 21.4 Å². The fourth-order valence-corrected chi connectivity index (χ4v) is 5.63. The number of ether oxygens (including phenoxy) is 2. The van der Waals surface area contributed by atoms with Gasteiger partial charge in [-0.05, 0) is 43.7 Å². The molecule has 4 heterocycles. The Labute approximate surface area is 164 Å². The number of amides is 2. The van der Waals surface area contributed by atoms with Gasteiger partial charge in [0.15, 0.2) is 0 Å². The van der Waals surface area contributed by atoms with Crippen molar-refractivity contribution < 1.29 is 19.1 Å². The topological polar surface area (TPSA) is 67.9 Å². The van der Waals surface area contributed by atoms with Crippen LogP contribution in [-0.4, -0.2) is 56.2 Å². The summed E-state index contributed by atoms with van der Waals surface area (Å²) in [6.07, 6.45) is 4.23. The molecule has 1 unspecified atom stereocenters. The van der Waals surface area contributed by atoms with Crippen molar-refractivity contribution in [2.75, 3.05) is 39.5 Å². The molecule has 1 aromatic heterocycles. The highest BCUT2D eigenvalue weighted by Crippen LogP contribution is 2.45. The molecule has 2 saturated heterocycles. The van der Waals surface area contributed by atoms with Crippen molar-refractivity contribution in [3.8, 4) is 0 Å². The molecule has 1 N–H and O–H groups in total. The van der Waals surface area contributed by atoms with Crippen LogP contribution < -0.4 is 5.32 Å². The van der Waals surface area contributed by atoms with E-state index >= 15 is 0 Å². The standard InChI is InChI=1S/C20H28N2O4S/c1-2-7-21-18(23)16-12-14-4-11-26-20(17(14)27-16)5-8-22(9-6-20)19(24)15-3-10-25-13-15/h12,15H,2-11,13H2,1H3,(H,21,23). The van der Waals surface area contributed by atoms with E-state index in [0.717, 1.165) is 37.0 Å². The highest BCUT2D eigenvalue weighted by molar-refractivity contribution is 7.14. The summed E-state index contributed by atoms with van der Waals surface area (Å²) in [6, 6.07) is 2.04. The van der Waals surface area contributed by atoms with E-state index in [4.69, 9.17) is 9.47 Å². The first-order valence-electron chi connectivity index (χ1n) is 10.0. The number of carbonyl (C=O) groups excluding carboxylic acids is 2. The second-order valence-corrected chi connectivity index (χ2v) is 8.75. The average molecular weight is 393 g/mol. The molecular formula is C20H28N2O4S. The maximum atomic E-state index is 12.7. The van der Waals surface area contributed by atoms with Crippen LogP contribution in [0, 0.1) is 5.92 Å². The number of rotatable bonds is 4. The summed E-state index contributed by atoms with van der Waals surface area (Å²) in [5.74, 6) is 0.266. The Bertz CT molecular complexity index is 703. The van der Waals surface area contributed by atoms with E-state index in [1.807, 2.05) is 11.0 Å². The molecule has 1 spiro atoms. The van der Waals surface area contributed by atoms with Gasteiger partial charge in [0.2, 0.25) is 5.91 Å². The predicted molar refractivity (Wildman–Crippen MR) is 103 cm³/mol. The number of fused-ring (bicyclic) bond motifs is 2. The van der Waals surface area contributed by atoms with Gasteiger partial charge in [0.25, 0.3) is 5.91 Å². The second-order valence-electron chi connectivity index (χ2n) is 7.70. The summed E-state index contributed by atoms with van der Waals surface area (Å²) in [6.45, 7) is 6.11. The van der Waals surface area contributed by atoms with Crippen molar-refractivity contribution in [3.63, 3.8) is 0 Å². The van der Waals surface area contributed by atoms with Gasteiger partial charge in [-0.1, -0.05) is 6.92 Å². The van der Waals surface area contributed by atoms with Crippen molar-refractivity contribution in [1.82, 2.24) is 10.2 Å². The van der Waals surface area contributed by atoms with E-state index in [-0.39, 0.29) is 23.3 Å². The molecular weight excluding hydrogens is 364 g/mol. The normalized spacial score (nSPS) is 24.0. The molecule has 6 nitrogen and oxygen atoms in total. The number of thiophene rings is 1. The van der Waals surface area contributed by atoms with Gasteiger partial charge in [0.1, 0.15) is 5.60 Å². The minimum Gasteiger partial charge on any atom is -0.381 e. The van der Waals surface area contributed by atoms with Crippen molar-refractivity contribution >= 4 is 23.2 Å². The van der Waals surface area contributed by atoms with Gasteiger partial charge in [-0.25, -0.2) is 0 Å². The first-order valence-corrected chi connectivity index (χ1v) is 10.9. The lowest BCUT2D eigenvalue weighted by molar-refractivity contribution is -0.144. The molecule has 0 bridgehead atoms. The molecule has 7 heteroatoms. The summed E-state index contributed by atoms with van der Waals surface area (Å²) in [5, 5.41) is 2.97. The van der Waals surface area contributed by atoms with E-state index in [1.54, 1.807) is 11.3 Å². The molecule has 0 aromatic carbocycles. The monoisotopic (exact) mass is 392 g/mol. The zero-order chi connectivity index (χ0) is 18.9. The number of likely N-dealkylation sites (tertiary alicyclic amines) is 1. The van der Waals surface area contributed by atoms with Crippen LogP contribution in [0.4, 0.5) is 0 Å². The minimum atomic E-state index is -0.329. The summed E-state index contributed by atoms with van der Waals surface area (Å²) in [5.41, 5.74) is 0.918. The third kappa shape index (κ3) is 3.65. The van der Waals surface area contributed by atoms with E-state index in [1.165, 1.54) is 10.4 Å². The maximum absolute atomic E-state index is 12.7. The third-order valence-electron chi connectivity index (χ3n) is 5.89. The Morgan fingerprint density at radius 2 is 2.15 bits per heavy atom. The molecule has 4 rings (SSSR count). The molecule has 2 amide bonds. The van der Waals surface area contributed by atoms with Gasteiger partial charge >= 0.3 is 0 Å². The largest absolute Gasteiger partial charge is 0.381 e. The summed E-state index contributed by atoms with van der Waals surface area (Å²) in [7, 11) is 0. The molecule has 0 radical (unpaired) electrons. The van der Waals surface area contributed by atoms with E-state index in [2.05, 4.69) is 12.2 Å². The Hall–Kier alpha value is -1.44. The Balaban J connectivity index is 1.47. The molecule has 148 valence electrons. The number of carbonyl (C=O) groups is 2. The molecule has 1 atom stereocenters. The zero-order valence-electron chi connectivity index (χ0n) is 15.9. The van der Waals surface area contributed by atoms with Crippen molar-refractivity contribution in [2.24, 2.45) is 5.92 Å². The predicted octanol–water partition coefficient (Wildman–Crippen LogP) is 2.31. The second kappa shape index (κ2) is 7.89. The van der Waals surface area contributed by atoms with Crippen LogP contribution in [0.15, 0.2) is 6.07 Å². The highest BCUT2D eigenvalue weighted by atomic mass is 32.1. The molecule has 3 aliphatic heterocycles. The van der Waals surface area contributed by atoms with Gasteiger partial charge in [-0.15, -0.1) is 11.3 Å². The molecule has 3 aliphatic rings. The van der Waals surface area contributed by atoms with Crippen molar-refractivity contribution in [1.29, 1.82) is 0 Å². The van der Waals surface area contributed by atoms with E-state index in [0.29, 0.717) is 39.5 Å². The quantitative estimate of drug-likeness (QED) is 0.854. The molecule has 0 saturated carbocycles. The minimum absolute atomic E-state index is 0.0141. The zero-order valence-corrected chi connectivity index (χ0v) is 16.7. The Morgan fingerprint density at radius 1 is 1.33 bits per heavy atom. The van der Waals surface area contributed by atoms with Crippen LogP contribution in [0.2, 0.25) is 0 Å². The van der Waals surface area contributed by atoms with Crippen LogP contribution in [-0.2, 0) is 26.3 Å². The van der Waals surface area contributed by atoms with Crippen molar-refractivity contribution in [2.45, 2.75) is 44.6 Å². The molecule has 2 fully saturated rings. The van der Waals surface area contributed by atoms with Crippen LogP contribution in [0.25, 0.3) is 0 Å². The smallest absolute Gasteiger partial charge is 0.261 e. The first kappa shape index (κ1) is 18.9. The number of hydrogen-bond donors (Lipinski definition) is 1. The summed E-state index contributed by atoms with van der Waals surface area (Å²) >= 11 is 1.57. The van der Waals surface area contributed by atoms with Gasteiger partial charge in [0.05, 0.1) is 24.0 Å². The number of nitrogens with one attached hydrogen (secondary N) is 1. The van der Waals surface area contributed by atoms with Crippen LogP contribution in [0.3, 0.4) is 0 Å². The average Bonchev–Trinajstić information content (AvgIpc) is 3.37. The van der Waals surface area contributed by atoms with Crippen LogP contribution >= 0.6 is 11.3 Å². The fraction of sp³-hybridized carbons (Fsp3) is 0.700. The lowest BCUT2D eigenvalue weighted by atomic mass is 9.85. The van der Waals surface area contributed by atoms with Crippen LogP contribution in [0.1, 0.15) is 52.7 Å². The SMILES string of the molecule is CCCNC(=O)c1cc2c(s1)C1(CCN(C(=O)C3CCOC3)CC1)OCC2. The molecule has 0 aliphatic carbocycles. The Kier molecular flexibility index (Phi) is 5.53. The van der Waals surface area contributed by atoms with Crippen LogP contribution in [0.5, 0.6) is 0 Å². The Morgan fingerprint density at radius 3 is 2.85 bits per heavy atom. The summed E-state index contributed by atoms with van der Waals surface area (Å²) < 4.78 is 11.6. The maximum Gasteiger partial charge on any atom is 0.261 e. The lowest BCUT2D eigenvalue weighted by Crippen LogP contribution is -2.49. The van der Waals surface area contributed by atoms with E-state index < -0.39 is 0 Å². The molecule has 27 heavy (non-hydrogen) atoms. The third-order valence-corrected chi connectivity index (χ3v) is 7.26. The van der Waals surface area contributed by atoms with Gasteiger partial charge in [0, 0.05) is 31.1 Å².